The molecule has 1 atom stereocenters. The first kappa shape index (κ1) is 11.1. The second-order valence-corrected chi connectivity index (χ2v) is 4.23. The van der Waals surface area contributed by atoms with Gasteiger partial charge in [-0.15, -0.1) is 0 Å². The fraction of sp³-hybridized carbons (Fsp3) is 0.357. The number of nitrogens with two attached hydrogens (primary N) is 1. The summed E-state index contributed by atoms with van der Waals surface area (Å²) in [4.78, 5) is 4.70. The quantitative estimate of drug-likeness (QED) is 0.807. The molecule has 2 heteroatoms. The van der Waals surface area contributed by atoms with E-state index in [0.29, 0.717) is 0 Å². The van der Waals surface area contributed by atoms with Gasteiger partial charge in [-0.05, 0) is 31.7 Å². The molecule has 1 aliphatic heterocycles. The average Bonchev–Trinajstić information content (AvgIpc) is 2.56. The first-order chi connectivity index (χ1) is 7.77. The Morgan fingerprint density at radius 2 is 2.00 bits per heavy atom. The molecule has 0 bridgehead atoms. The first-order valence-electron chi connectivity index (χ1n) is 5.86. The molecule has 0 aliphatic carbocycles. The lowest BCUT2D eigenvalue weighted by Gasteiger charge is -2.08. The summed E-state index contributed by atoms with van der Waals surface area (Å²) >= 11 is 0. The summed E-state index contributed by atoms with van der Waals surface area (Å²) in [6.45, 7) is 1.99. The third kappa shape index (κ3) is 2.58. The number of aliphatic imine (C=N–C) groups is 1. The van der Waals surface area contributed by atoms with Crippen molar-refractivity contribution < 1.29 is 0 Å². The van der Waals surface area contributed by atoms with Gasteiger partial charge in [-0.3, -0.25) is 4.99 Å². The molecule has 1 heterocycles. The smallest absolute Gasteiger partial charge is 0.0531 e. The normalized spacial score (nSPS) is 18.4. The number of rotatable bonds is 2. The van der Waals surface area contributed by atoms with E-state index < -0.39 is 0 Å². The van der Waals surface area contributed by atoms with Gasteiger partial charge < -0.3 is 5.73 Å². The summed E-state index contributed by atoms with van der Waals surface area (Å²) in [5.41, 5.74) is 9.31. The van der Waals surface area contributed by atoms with Crippen LogP contribution in [0, 0.1) is 0 Å². The van der Waals surface area contributed by atoms with E-state index in [1.165, 1.54) is 11.3 Å². The predicted octanol–water partition coefficient (Wildman–Crippen LogP) is 2.89. The number of hydrogen-bond acceptors (Lipinski definition) is 2. The highest BCUT2D eigenvalue weighted by molar-refractivity contribution is 6.01. The molecule has 0 aromatic heterocycles. The molecule has 2 rings (SSSR count). The maximum atomic E-state index is 5.90. The minimum Gasteiger partial charge on any atom is -0.323 e. The van der Waals surface area contributed by atoms with E-state index >= 15 is 0 Å². The Kier molecular flexibility index (Phi) is 3.52. The standard InChI is InChI=1S/C14H18N2/c1-11(15)13-9-5-6-10-14(16-13)12-7-3-2-4-8-12/h2-4,7-9,11H,5-6,10,15H2,1H3/t11-/m1/s1. The van der Waals surface area contributed by atoms with Crippen molar-refractivity contribution in [2.75, 3.05) is 0 Å². The van der Waals surface area contributed by atoms with Crippen LogP contribution in [0.25, 0.3) is 0 Å². The topological polar surface area (TPSA) is 38.4 Å². The van der Waals surface area contributed by atoms with Crippen LogP contribution in [-0.2, 0) is 0 Å². The van der Waals surface area contributed by atoms with E-state index in [0.717, 1.165) is 25.0 Å². The highest BCUT2D eigenvalue weighted by Crippen LogP contribution is 2.17. The summed E-state index contributed by atoms with van der Waals surface area (Å²) in [5, 5.41) is 0. The van der Waals surface area contributed by atoms with Gasteiger partial charge in [-0.1, -0.05) is 36.4 Å². The molecule has 0 spiro atoms. The highest BCUT2D eigenvalue weighted by Gasteiger charge is 2.10. The van der Waals surface area contributed by atoms with Gasteiger partial charge >= 0.3 is 0 Å². The lowest BCUT2D eigenvalue weighted by Crippen LogP contribution is -2.17. The van der Waals surface area contributed by atoms with E-state index in [4.69, 9.17) is 10.7 Å². The van der Waals surface area contributed by atoms with Gasteiger partial charge in [-0.25, -0.2) is 0 Å². The second kappa shape index (κ2) is 5.08. The van der Waals surface area contributed by atoms with E-state index in [9.17, 15) is 0 Å². The van der Waals surface area contributed by atoms with E-state index in [2.05, 4.69) is 30.3 Å². The third-order valence-electron chi connectivity index (χ3n) is 2.81. The molecule has 1 aromatic carbocycles. The summed E-state index contributed by atoms with van der Waals surface area (Å²) in [5.74, 6) is 0. The van der Waals surface area contributed by atoms with Crippen molar-refractivity contribution in [3.05, 3.63) is 47.7 Å². The minimum atomic E-state index is 0.0248. The molecule has 1 aliphatic rings. The molecular weight excluding hydrogens is 196 g/mol. The summed E-state index contributed by atoms with van der Waals surface area (Å²) in [6, 6.07) is 10.4. The van der Waals surface area contributed by atoms with Crippen molar-refractivity contribution in [1.82, 2.24) is 0 Å². The van der Waals surface area contributed by atoms with Gasteiger partial charge in [0, 0.05) is 11.8 Å². The Morgan fingerprint density at radius 1 is 1.25 bits per heavy atom. The number of benzene rings is 1. The molecule has 2 N–H and O–H groups in total. The largest absolute Gasteiger partial charge is 0.323 e. The minimum absolute atomic E-state index is 0.0248. The molecule has 0 unspecified atom stereocenters. The number of allylic oxidation sites excluding steroid dienone is 1. The molecule has 0 fully saturated rings. The lowest BCUT2D eigenvalue weighted by atomic mass is 10.1. The van der Waals surface area contributed by atoms with Crippen molar-refractivity contribution >= 4 is 5.71 Å². The Morgan fingerprint density at radius 3 is 2.69 bits per heavy atom. The lowest BCUT2D eigenvalue weighted by molar-refractivity contribution is 0.835. The van der Waals surface area contributed by atoms with Gasteiger partial charge in [0.15, 0.2) is 0 Å². The Hall–Kier alpha value is -1.41. The van der Waals surface area contributed by atoms with Crippen LogP contribution in [-0.4, -0.2) is 11.8 Å². The zero-order valence-corrected chi connectivity index (χ0v) is 9.69. The molecule has 0 amide bonds. The van der Waals surface area contributed by atoms with Crippen LogP contribution < -0.4 is 5.73 Å². The molecule has 0 radical (unpaired) electrons. The molecule has 0 saturated heterocycles. The summed E-state index contributed by atoms with van der Waals surface area (Å²) < 4.78 is 0. The fourth-order valence-corrected chi connectivity index (χ4v) is 1.90. The average molecular weight is 214 g/mol. The molecule has 2 nitrogen and oxygen atoms in total. The summed E-state index contributed by atoms with van der Waals surface area (Å²) in [6.07, 6.45) is 5.44. The number of nitrogens with zero attached hydrogens (tertiary/aromatic N) is 1. The van der Waals surface area contributed by atoms with Gasteiger partial charge in [0.2, 0.25) is 0 Å². The van der Waals surface area contributed by atoms with Gasteiger partial charge in [0.25, 0.3) is 0 Å². The molecule has 0 saturated carbocycles. The molecule has 84 valence electrons. The Bertz CT molecular complexity index is 402. The predicted molar refractivity (Wildman–Crippen MR) is 68.6 cm³/mol. The van der Waals surface area contributed by atoms with Crippen LogP contribution in [0.4, 0.5) is 0 Å². The molecular formula is C14H18N2. The van der Waals surface area contributed by atoms with E-state index in [1.54, 1.807) is 0 Å². The summed E-state index contributed by atoms with van der Waals surface area (Å²) in [7, 11) is 0. The fourth-order valence-electron chi connectivity index (χ4n) is 1.90. The van der Waals surface area contributed by atoms with Crippen LogP contribution in [0.2, 0.25) is 0 Å². The van der Waals surface area contributed by atoms with Crippen LogP contribution in [0.1, 0.15) is 31.7 Å². The van der Waals surface area contributed by atoms with Crippen molar-refractivity contribution in [3.8, 4) is 0 Å². The molecule has 1 aromatic rings. The molecule has 16 heavy (non-hydrogen) atoms. The van der Waals surface area contributed by atoms with E-state index in [1.807, 2.05) is 13.0 Å². The highest BCUT2D eigenvalue weighted by atomic mass is 14.8. The van der Waals surface area contributed by atoms with Gasteiger partial charge in [-0.2, -0.15) is 0 Å². The van der Waals surface area contributed by atoms with Gasteiger partial charge in [0.05, 0.1) is 5.70 Å². The maximum Gasteiger partial charge on any atom is 0.0531 e. The third-order valence-corrected chi connectivity index (χ3v) is 2.81. The monoisotopic (exact) mass is 214 g/mol. The van der Waals surface area contributed by atoms with Crippen molar-refractivity contribution in [2.45, 2.75) is 32.2 Å². The Balaban J connectivity index is 2.31. The zero-order valence-electron chi connectivity index (χ0n) is 9.69. The van der Waals surface area contributed by atoms with Crippen LogP contribution in [0.3, 0.4) is 0 Å². The van der Waals surface area contributed by atoms with Crippen LogP contribution in [0.15, 0.2) is 47.1 Å². The van der Waals surface area contributed by atoms with Crippen molar-refractivity contribution in [1.29, 1.82) is 0 Å². The van der Waals surface area contributed by atoms with Crippen molar-refractivity contribution in [3.63, 3.8) is 0 Å². The zero-order chi connectivity index (χ0) is 11.4. The number of hydrogen-bond donors (Lipinski definition) is 1. The maximum absolute atomic E-state index is 5.90. The SMILES string of the molecule is C[C@@H](N)C1=CCCCC(c2ccccc2)=N1. The van der Waals surface area contributed by atoms with Crippen LogP contribution in [0.5, 0.6) is 0 Å². The Labute approximate surface area is 96.9 Å². The van der Waals surface area contributed by atoms with Gasteiger partial charge in [0.1, 0.15) is 0 Å². The van der Waals surface area contributed by atoms with E-state index in [-0.39, 0.29) is 6.04 Å². The second-order valence-electron chi connectivity index (χ2n) is 4.23. The van der Waals surface area contributed by atoms with Crippen molar-refractivity contribution in [2.24, 2.45) is 10.7 Å². The first-order valence-corrected chi connectivity index (χ1v) is 5.86. The van der Waals surface area contributed by atoms with Crippen LogP contribution >= 0.6 is 0 Å².